The molecular weight excluding hydrogens is 759 g/mol. The van der Waals surface area contributed by atoms with Gasteiger partial charge in [0.05, 0.1) is 25.1 Å². The lowest BCUT2D eigenvalue weighted by molar-refractivity contribution is -0.141. The number of nitrogens with zero attached hydrogens (tertiary/aromatic N) is 4. The van der Waals surface area contributed by atoms with E-state index >= 15 is 0 Å². The van der Waals surface area contributed by atoms with Crippen molar-refractivity contribution in [3.8, 4) is 23.2 Å². The first kappa shape index (κ1) is 40.0. The van der Waals surface area contributed by atoms with Crippen molar-refractivity contribution in [2.24, 2.45) is 5.92 Å². The number of alkyl carbamates (subject to hydrolysis) is 1. The van der Waals surface area contributed by atoms with Crippen molar-refractivity contribution in [3.63, 3.8) is 0 Å². The largest absolute Gasteiger partial charge is 0.497 e. The number of ether oxygens (including phenoxy) is 3. The summed E-state index contributed by atoms with van der Waals surface area (Å²) in [5.74, 6) is -1.48. The summed E-state index contributed by atoms with van der Waals surface area (Å²) in [6.45, 7) is 5.73. The molecule has 4 heterocycles. The number of aromatic nitrogens is 2. The van der Waals surface area contributed by atoms with E-state index in [1.807, 2.05) is 30.2 Å². The molecule has 57 heavy (non-hydrogen) atoms. The predicted octanol–water partition coefficient (Wildman–Crippen LogP) is 2.91. The summed E-state index contributed by atoms with van der Waals surface area (Å²) in [6, 6.07) is 4.83. The molecule has 1 aromatic carbocycles. The molecule has 2 saturated carbocycles. The second-order valence-corrected chi connectivity index (χ2v) is 18.2. The molecule has 4 amide bonds. The maximum atomic E-state index is 14.7. The monoisotopic (exact) mass is 807 g/mol. The van der Waals surface area contributed by atoms with E-state index < -0.39 is 74.3 Å². The fourth-order valence-electron chi connectivity index (χ4n) is 7.36. The third kappa shape index (κ3) is 9.01. The molecule has 2 aliphatic carbocycles. The number of amides is 4. The van der Waals surface area contributed by atoms with E-state index in [1.165, 1.54) is 17.4 Å². The Morgan fingerprint density at radius 1 is 1.12 bits per heavy atom. The first-order valence-corrected chi connectivity index (χ1v) is 20.7. The standard InChI is InChI=1S/C39H49N7O10S/c1-38(2,3)56-37(50)42-30-22-45(4)15-8-6-7-9-24-20-39(24,36(49)44-57(51,52)27-11-12-27)43-32(47)31-19-26(21-46(31)35(30)48)55-33-28-13-10-25(53-5)17-23(28)18-29(41-33)34-40-14-16-54-34/h7,9-10,13-14,16-18,24,26-27,30-31H,6,8,11-12,15,19-22H2,1-5H3,(H,42,50)(H,43,47)(H,44,49)/b9-7-/t24?,26?,30-,31-,39+/m0/s1. The minimum Gasteiger partial charge on any atom is -0.497 e. The van der Waals surface area contributed by atoms with Crippen LogP contribution in [0.2, 0.25) is 0 Å². The van der Waals surface area contributed by atoms with Gasteiger partial charge in [-0.3, -0.25) is 19.1 Å². The van der Waals surface area contributed by atoms with Gasteiger partial charge in [0.25, 0.3) is 5.91 Å². The number of allylic oxidation sites excluding steroid dienone is 1. The van der Waals surface area contributed by atoms with Crippen LogP contribution in [0.1, 0.15) is 59.3 Å². The molecule has 17 nitrogen and oxygen atoms in total. The zero-order valence-electron chi connectivity index (χ0n) is 32.6. The van der Waals surface area contributed by atoms with E-state index in [2.05, 4.69) is 20.3 Å². The molecule has 5 atom stereocenters. The number of fused-ring (bicyclic) bond motifs is 3. The Morgan fingerprint density at radius 3 is 2.61 bits per heavy atom. The zero-order chi connectivity index (χ0) is 40.7. The number of likely N-dealkylation sites (N-methyl/N-ethyl adjacent to an activating group) is 1. The third-order valence-corrected chi connectivity index (χ3v) is 12.3. The normalized spacial score (nSPS) is 26.6. The van der Waals surface area contributed by atoms with Gasteiger partial charge in [-0.25, -0.2) is 23.2 Å². The van der Waals surface area contributed by atoms with Gasteiger partial charge >= 0.3 is 6.09 Å². The number of carbonyl (C=O) groups excluding carboxylic acids is 4. The Balaban J connectivity index is 1.24. The van der Waals surface area contributed by atoms with Crippen LogP contribution in [-0.4, -0.2) is 120 Å². The second-order valence-electron chi connectivity index (χ2n) is 16.2. The quantitative estimate of drug-likeness (QED) is 0.280. The van der Waals surface area contributed by atoms with Crippen LogP contribution >= 0.6 is 0 Å². The summed E-state index contributed by atoms with van der Waals surface area (Å²) in [4.78, 5) is 68.4. The SMILES string of the molecule is COc1ccc2c(OC3C[C@H]4C(=O)N[C@]5(C(=O)NS(=O)(=O)C6CC6)CC5/C=C\CCCN(C)C[C@H](NC(=O)OC(C)(C)C)C(=O)N4C3)nc(-c3ncco3)cc2c1. The highest BCUT2D eigenvalue weighted by Gasteiger charge is 2.62. The van der Waals surface area contributed by atoms with Gasteiger partial charge in [0.2, 0.25) is 33.6 Å². The van der Waals surface area contributed by atoms with Crippen LogP contribution in [0.25, 0.3) is 22.4 Å². The van der Waals surface area contributed by atoms with Crippen molar-refractivity contribution >= 4 is 44.6 Å². The highest BCUT2D eigenvalue weighted by molar-refractivity contribution is 7.91. The van der Waals surface area contributed by atoms with Crippen LogP contribution in [-0.2, 0) is 29.1 Å². The second kappa shape index (κ2) is 15.6. The van der Waals surface area contributed by atoms with Gasteiger partial charge in [-0.05, 0) is 96.1 Å². The van der Waals surface area contributed by atoms with Crippen molar-refractivity contribution in [2.75, 3.05) is 33.8 Å². The number of rotatable bonds is 8. The summed E-state index contributed by atoms with van der Waals surface area (Å²) < 4.78 is 51.1. The first-order chi connectivity index (χ1) is 27.0. The smallest absolute Gasteiger partial charge is 0.408 e. The first-order valence-electron chi connectivity index (χ1n) is 19.1. The lowest BCUT2D eigenvalue weighted by atomic mass is 10.1. The Bertz CT molecular complexity index is 2170. The topological polar surface area (TPSA) is 212 Å². The Labute approximate surface area is 330 Å². The number of benzene rings is 1. The highest BCUT2D eigenvalue weighted by atomic mass is 32.2. The molecule has 0 bridgehead atoms. The minimum atomic E-state index is -3.92. The number of nitrogens with one attached hydrogen (secondary N) is 3. The maximum Gasteiger partial charge on any atom is 0.408 e. The van der Waals surface area contributed by atoms with Crippen LogP contribution in [0, 0.1) is 5.92 Å². The van der Waals surface area contributed by atoms with Gasteiger partial charge in [-0.15, -0.1) is 0 Å². The fourth-order valence-corrected chi connectivity index (χ4v) is 8.72. The molecule has 3 fully saturated rings. The average molecular weight is 808 g/mol. The van der Waals surface area contributed by atoms with E-state index in [0.717, 1.165) is 0 Å². The van der Waals surface area contributed by atoms with Gasteiger partial charge in [0.1, 0.15) is 47.0 Å². The third-order valence-electron chi connectivity index (χ3n) is 10.5. The number of methoxy groups -OCH3 is 1. The number of pyridine rings is 1. The van der Waals surface area contributed by atoms with Gasteiger partial charge in [0.15, 0.2) is 0 Å². The van der Waals surface area contributed by atoms with E-state index in [1.54, 1.807) is 46.1 Å². The van der Waals surface area contributed by atoms with E-state index in [4.69, 9.17) is 23.6 Å². The summed E-state index contributed by atoms with van der Waals surface area (Å²) in [7, 11) is -0.534. The minimum absolute atomic E-state index is 0.0201. The van der Waals surface area contributed by atoms with Gasteiger partial charge < -0.3 is 39.1 Å². The van der Waals surface area contributed by atoms with Crippen molar-refractivity contribution in [1.29, 1.82) is 0 Å². The number of carbonyl (C=O) groups is 4. The summed E-state index contributed by atoms with van der Waals surface area (Å²) in [5, 5.41) is 6.28. The molecule has 3 N–H and O–H groups in total. The lowest BCUT2D eigenvalue weighted by Gasteiger charge is -2.32. The Kier molecular flexibility index (Phi) is 10.9. The fraction of sp³-hybridized carbons (Fsp3) is 0.538. The van der Waals surface area contributed by atoms with Crippen LogP contribution < -0.4 is 24.8 Å². The van der Waals surface area contributed by atoms with Crippen LogP contribution in [0.15, 0.2) is 53.3 Å². The Morgan fingerprint density at radius 2 is 1.91 bits per heavy atom. The van der Waals surface area contributed by atoms with Crippen LogP contribution in [0.3, 0.4) is 0 Å². The number of sulfonamides is 1. The lowest BCUT2D eigenvalue weighted by Crippen LogP contribution is -2.59. The summed E-state index contributed by atoms with van der Waals surface area (Å²) >= 11 is 0. The molecule has 18 heteroatoms. The molecule has 4 aliphatic rings. The molecule has 2 aromatic heterocycles. The van der Waals surface area contributed by atoms with Crippen LogP contribution in [0.5, 0.6) is 11.6 Å². The van der Waals surface area contributed by atoms with Crippen molar-refractivity contribution in [2.45, 2.75) is 93.9 Å². The molecule has 3 aromatic rings. The molecule has 0 radical (unpaired) electrons. The van der Waals surface area contributed by atoms with Gasteiger partial charge in [0, 0.05) is 24.3 Å². The van der Waals surface area contributed by atoms with Crippen molar-refractivity contribution in [1.82, 2.24) is 35.1 Å². The molecular formula is C39H49N7O10S. The van der Waals surface area contributed by atoms with Gasteiger partial charge in [-0.2, -0.15) is 0 Å². The van der Waals surface area contributed by atoms with Gasteiger partial charge in [-0.1, -0.05) is 12.2 Å². The average Bonchev–Trinajstić information content (AvgIpc) is 4.01. The van der Waals surface area contributed by atoms with Crippen molar-refractivity contribution < 1.29 is 46.2 Å². The molecule has 2 aliphatic heterocycles. The molecule has 7 rings (SSSR count). The highest BCUT2D eigenvalue weighted by Crippen LogP contribution is 2.46. The van der Waals surface area contributed by atoms with E-state index in [0.29, 0.717) is 54.4 Å². The zero-order valence-corrected chi connectivity index (χ0v) is 33.5. The molecule has 2 unspecified atom stereocenters. The maximum absolute atomic E-state index is 14.7. The number of hydrogen-bond donors (Lipinski definition) is 3. The summed E-state index contributed by atoms with van der Waals surface area (Å²) in [6.07, 6.45) is 7.47. The van der Waals surface area contributed by atoms with Crippen LogP contribution in [0.4, 0.5) is 4.79 Å². The van der Waals surface area contributed by atoms with E-state index in [-0.39, 0.29) is 37.7 Å². The number of hydrogen-bond acceptors (Lipinski definition) is 13. The van der Waals surface area contributed by atoms with E-state index in [9.17, 15) is 27.6 Å². The Hall–Kier alpha value is -5.23. The summed E-state index contributed by atoms with van der Waals surface area (Å²) in [5.41, 5.74) is -2.01. The number of oxazole rings is 1. The van der Waals surface area contributed by atoms with Crippen molar-refractivity contribution in [3.05, 3.63) is 48.9 Å². The predicted molar refractivity (Wildman–Crippen MR) is 206 cm³/mol. The molecule has 306 valence electrons. The molecule has 1 saturated heterocycles. The molecule has 0 spiro atoms.